The highest BCUT2D eigenvalue weighted by Crippen LogP contribution is 2.37. The van der Waals surface area contributed by atoms with Crippen LogP contribution in [0.2, 0.25) is 5.02 Å². The number of ether oxygens (including phenoxy) is 2. The highest BCUT2D eigenvalue weighted by atomic mass is 35.5. The van der Waals surface area contributed by atoms with E-state index in [9.17, 15) is 0 Å². The lowest BCUT2D eigenvalue weighted by Crippen LogP contribution is -2.48. The van der Waals surface area contributed by atoms with Gasteiger partial charge < -0.3 is 9.47 Å². The Kier molecular flexibility index (Phi) is 6.76. The molecule has 20 heavy (non-hydrogen) atoms. The SMILES string of the molecule is CCOC(CC)(CC)C(NN)c1ccc(Cl)c(OC)c1. The number of methoxy groups -OCH3 is 1. The van der Waals surface area contributed by atoms with Crippen LogP contribution >= 0.6 is 11.6 Å². The molecule has 0 fully saturated rings. The molecule has 0 aromatic heterocycles. The van der Waals surface area contributed by atoms with Gasteiger partial charge >= 0.3 is 0 Å². The first-order valence-corrected chi connectivity index (χ1v) is 7.39. The number of rotatable bonds is 8. The van der Waals surface area contributed by atoms with E-state index in [1.807, 2.05) is 25.1 Å². The number of halogens is 1. The third kappa shape index (κ3) is 3.44. The smallest absolute Gasteiger partial charge is 0.137 e. The van der Waals surface area contributed by atoms with Crippen molar-refractivity contribution in [1.82, 2.24) is 5.43 Å². The van der Waals surface area contributed by atoms with Gasteiger partial charge in [0.2, 0.25) is 0 Å². The molecule has 0 bridgehead atoms. The summed E-state index contributed by atoms with van der Waals surface area (Å²) in [5.41, 5.74) is 3.55. The van der Waals surface area contributed by atoms with Crippen molar-refractivity contribution in [3.8, 4) is 5.75 Å². The van der Waals surface area contributed by atoms with E-state index in [1.165, 1.54) is 0 Å². The third-order valence-corrected chi connectivity index (χ3v) is 4.14. The lowest BCUT2D eigenvalue weighted by atomic mass is 9.84. The van der Waals surface area contributed by atoms with Crippen LogP contribution in [0.1, 0.15) is 45.2 Å². The Balaban J connectivity index is 3.22. The van der Waals surface area contributed by atoms with Crippen molar-refractivity contribution in [2.45, 2.75) is 45.3 Å². The summed E-state index contributed by atoms with van der Waals surface area (Å²) in [5.74, 6) is 6.44. The second-order valence-corrected chi connectivity index (χ2v) is 5.11. The van der Waals surface area contributed by atoms with Gasteiger partial charge in [0, 0.05) is 6.61 Å². The third-order valence-electron chi connectivity index (χ3n) is 3.83. The molecule has 4 nitrogen and oxygen atoms in total. The van der Waals surface area contributed by atoms with Crippen LogP contribution in [-0.4, -0.2) is 19.3 Å². The molecule has 1 rings (SSSR count). The number of benzene rings is 1. The molecular weight excluding hydrogens is 276 g/mol. The van der Waals surface area contributed by atoms with Gasteiger partial charge in [-0.3, -0.25) is 11.3 Å². The fourth-order valence-electron chi connectivity index (χ4n) is 2.64. The van der Waals surface area contributed by atoms with Crippen molar-refractivity contribution in [2.24, 2.45) is 5.84 Å². The molecule has 0 saturated heterocycles. The Labute approximate surface area is 126 Å². The first-order chi connectivity index (χ1) is 9.58. The van der Waals surface area contributed by atoms with Crippen molar-refractivity contribution in [3.63, 3.8) is 0 Å². The maximum atomic E-state index is 6.08. The average Bonchev–Trinajstić information content (AvgIpc) is 2.48. The summed E-state index contributed by atoms with van der Waals surface area (Å²) >= 11 is 6.08. The highest BCUT2D eigenvalue weighted by molar-refractivity contribution is 6.32. The van der Waals surface area contributed by atoms with Crippen molar-refractivity contribution in [3.05, 3.63) is 28.8 Å². The molecule has 0 spiro atoms. The van der Waals surface area contributed by atoms with Crippen molar-refractivity contribution in [2.75, 3.05) is 13.7 Å². The van der Waals surface area contributed by atoms with Gasteiger partial charge in [-0.05, 0) is 37.5 Å². The quantitative estimate of drug-likeness (QED) is 0.570. The molecule has 1 aromatic rings. The topological polar surface area (TPSA) is 56.5 Å². The lowest BCUT2D eigenvalue weighted by Gasteiger charge is -2.39. The zero-order chi connectivity index (χ0) is 15.2. The van der Waals surface area contributed by atoms with Crippen LogP contribution in [0.15, 0.2) is 18.2 Å². The highest BCUT2D eigenvalue weighted by Gasteiger charge is 2.37. The van der Waals surface area contributed by atoms with Crippen LogP contribution in [0.5, 0.6) is 5.75 Å². The predicted octanol–water partition coefficient (Wildman–Crippen LogP) is 3.45. The zero-order valence-corrected chi connectivity index (χ0v) is 13.5. The maximum Gasteiger partial charge on any atom is 0.137 e. The van der Waals surface area contributed by atoms with Gasteiger partial charge in [-0.15, -0.1) is 0 Å². The standard InChI is InChI=1S/C15H25ClN2O2/c1-5-15(6-2,20-7-3)14(18-17)11-8-9-12(16)13(10-11)19-4/h8-10,14,18H,5-7,17H2,1-4H3. The molecule has 0 aliphatic carbocycles. The molecular formula is C15H25ClN2O2. The Bertz CT molecular complexity index is 422. The second kappa shape index (κ2) is 7.84. The Morgan fingerprint density at radius 2 is 1.95 bits per heavy atom. The van der Waals surface area contributed by atoms with E-state index in [1.54, 1.807) is 7.11 Å². The Hall–Kier alpha value is -0.810. The Morgan fingerprint density at radius 3 is 2.40 bits per heavy atom. The van der Waals surface area contributed by atoms with Gasteiger partial charge in [0.25, 0.3) is 0 Å². The monoisotopic (exact) mass is 300 g/mol. The van der Waals surface area contributed by atoms with E-state index in [-0.39, 0.29) is 11.6 Å². The van der Waals surface area contributed by atoms with Crippen molar-refractivity contribution < 1.29 is 9.47 Å². The number of hydrazine groups is 1. The van der Waals surface area contributed by atoms with Crippen LogP contribution in [0.25, 0.3) is 0 Å². The van der Waals surface area contributed by atoms with Gasteiger partial charge in [-0.2, -0.15) is 0 Å². The minimum atomic E-state index is -0.345. The summed E-state index contributed by atoms with van der Waals surface area (Å²) < 4.78 is 11.3. The second-order valence-electron chi connectivity index (χ2n) is 4.70. The van der Waals surface area contributed by atoms with E-state index in [4.69, 9.17) is 26.9 Å². The molecule has 1 unspecified atom stereocenters. The van der Waals surface area contributed by atoms with E-state index < -0.39 is 0 Å². The minimum Gasteiger partial charge on any atom is -0.495 e. The van der Waals surface area contributed by atoms with Gasteiger partial charge in [0.05, 0.1) is 23.8 Å². The van der Waals surface area contributed by atoms with Crippen LogP contribution in [-0.2, 0) is 4.74 Å². The molecule has 0 aliphatic heterocycles. The van der Waals surface area contributed by atoms with E-state index >= 15 is 0 Å². The molecule has 3 N–H and O–H groups in total. The molecule has 0 aliphatic rings. The Morgan fingerprint density at radius 1 is 1.30 bits per heavy atom. The fraction of sp³-hybridized carbons (Fsp3) is 0.600. The molecule has 0 amide bonds. The predicted molar refractivity (Wildman–Crippen MR) is 83.0 cm³/mol. The molecule has 5 heteroatoms. The van der Waals surface area contributed by atoms with Gasteiger partial charge in [0.1, 0.15) is 5.75 Å². The first-order valence-electron chi connectivity index (χ1n) is 7.02. The molecule has 1 aromatic carbocycles. The maximum absolute atomic E-state index is 6.08. The number of nitrogens with two attached hydrogens (primary N) is 1. The summed E-state index contributed by atoms with van der Waals surface area (Å²) in [6.45, 7) is 6.86. The van der Waals surface area contributed by atoms with E-state index in [0.29, 0.717) is 17.4 Å². The summed E-state index contributed by atoms with van der Waals surface area (Å²) in [5, 5.41) is 0.585. The number of nitrogens with one attached hydrogen (secondary N) is 1. The first kappa shape index (κ1) is 17.2. The van der Waals surface area contributed by atoms with Crippen molar-refractivity contribution >= 4 is 11.6 Å². The molecule has 114 valence electrons. The number of hydrogen-bond donors (Lipinski definition) is 2. The summed E-state index contributed by atoms with van der Waals surface area (Å²) in [6, 6.07) is 5.56. The molecule has 1 atom stereocenters. The molecule has 0 radical (unpaired) electrons. The van der Waals surface area contributed by atoms with Gasteiger partial charge in [-0.1, -0.05) is 31.5 Å². The van der Waals surface area contributed by atoms with E-state index in [0.717, 1.165) is 18.4 Å². The fourth-order valence-corrected chi connectivity index (χ4v) is 2.84. The van der Waals surface area contributed by atoms with Gasteiger partial charge in [0.15, 0.2) is 0 Å². The van der Waals surface area contributed by atoms with Crippen LogP contribution < -0.4 is 16.0 Å². The summed E-state index contributed by atoms with van der Waals surface area (Å²) in [4.78, 5) is 0. The van der Waals surface area contributed by atoms with Crippen LogP contribution in [0.3, 0.4) is 0 Å². The van der Waals surface area contributed by atoms with Crippen LogP contribution in [0, 0.1) is 0 Å². The van der Waals surface area contributed by atoms with E-state index in [2.05, 4.69) is 19.3 Å². The minimum absolute atomic E-state index is 0.122. The summed E-state index contributed by atoms with van der Waals surface area (Å²) in [6.07, 6.45) is 1.72. The molecule has 0 saturated carbocycles. The van der Waals surface area contributed by atoms with Gasteiger partial charge in [-0.25, -0.2) is 0 Å². The lowest BCUT2D eigenvalue weighted by molar-refractivity contribution is -0.0734. The largest absolute Gasteiger partial charge is 0.495 e. The summed E-state index contributed by atoms with van der Waals surface area (Å²) in [7, 11) is 1.60. The zero-order valence-electron chi connectivity index (χ0n) is 12.7. The average molecular weight is 301 g/mol. The van der Waals surface area contributed by atoms with Crippen molar-refractivity contribution in [1.29, 1.82) is 0 Å². The molecule has 0 heterocycles. The number of hydrogen-bond acceptors (Lipinski definition) is 4. The normalized spacial score (nSPS) is 13.3. The van der Waals surface area contributed by atoms with Crippen LogP contribution in [0.4, 0.5) is 0 Å².